The van der Waals surface area contributed by atoms with Crippen molar-refractivity contribution in [2.24, 2.45) is 0 Å². The molecule has 0 aliphatic heterocycles. The van der Waals surface area contributed by atoms with E-state index in [4.69, 9.17) is 9.47 Å². The van der Waals surface area contributed by atoms with Crippen molar-refractivity contribution in [3.05, 3.63) is 65.6 Å². The predicted molar refractivity (Wildman–Crippen MR) is 96.8 cm³/mol. The van der Waals surface area contributed by atoms with Gasteiger partial charge in [0.15, 0.2) is 0 Å². The van der Waals surface area contributed by atoms with Crippen molar-refractivity contribution < 1.29 is 14.3 Å². The van der Waals surface area contributed by atoms with E-state index < -0.39 is 0 Å². The van der Waals surface area contributed by atoms with Crippen LogP contribution < -0.4 is 14.8 Å². The molecule has 2 heterocycles. The first-order chi connectivity index (χ1) is 12.6. The molecule has 132 valence electrons. The van der Waals surface area contributed by atoms with Gasteiger partial charge in [0.2, 0.25) is 5.88 Å². The van der Waals surface area contributed by atoms with Gasteiger partial charge in [-0.2, -0.15) is 9.97 Å². The van der Waals surface area contributed by atoms with Gasteiger partial charge in [-0.25, -0.2) is 4.98 Å². The first-order valence-corrected chi connectivity index (χ1v) is 7.96. The Kier molecular flexibility index (Phi) is 5.07. The predicted octanol–water partition coefficient (Wildman–Crippen LogP) is 3.54. The van der Waals surface area contributed by atoms with Crippen molar-refractivity contribution >= 4 is 11.6 Å². The van der Waals surface area contributed by atoms with Gasteiger partial charge in [0.05, 0.1) is 24.2 Å². The van der Waals surface area contributed by atoms with Gasteiger partial charge >= 0.3 is 6.01 Å². The highest BCUT2D eigenvalue weighted by molar-refractivity contribution is 6.04. The molecule has 0 spiro atoms. The SMILES string of the molecule is COc1cc(C(=O)Nc2c(C)nc(Oc3ccccc3)nc2C)ccn1. The van der Waals surface area contributed by atoms with Gasteiger partial charge in [-0.05, 0) is 32.0 Å². The summed E-state index contributed by atoms with van der Waals surface area (Å²) in [7, 11) is 1.50. The number of ether oxygens (including phenoxy) is 2. The van der Waals surface area contributed by atoms with E-state index in [1.54, 1.807) is 26.0 Å². The number of aryl methyl sites for hydroxylation is 2. The number of hydrogen-bond donors (Lipinski definition) is 1. The minimum absolute atomic E-state index is 0.231. The summed E-state index contributed by atoms with van der Waals surface area (Å²) in [5.41, 5.74) is 2.20. The van der Waals surface area contributed by atoms with Gasteiger partial charge in [0.1, 0.15) is 5.75 Å². The third-order valence-corrected chi connectivity index (χ3v) is 3.65. The molecule has 0 atom stereocenters. The molecule has 7 heteroatoms. The lowest BCUT2D eigenvalue weighted by Crippen LogP contribution is -2.15. The number of pyridine rings is 1. The maximum Gasteiger partial charge on any atom is 0.322 e. The number of carbonyl (C=O) groups is 1. The smallest absolute Gasteiger partial charge is 0.322 e. The van der Waals surface area contributed by atoms with Gasteiger partial charge < -0.3 is 14.8 Å². The topological polar surface area (TPSA) is 86.2 Å². The second-order valence-electron chi connectivity index (χ2n) is 5.51. The van der Waals surface area contributed by atoms with Crippen LogP contribution in [0.1, 0.15) is 21.7 Å². The van der Waals surface area contributed by atoms with Gasteiger partial charge in [-0.15, -0.1) is 0 Å². The zero-order valence-corrected chi connectivity index (χ0v) is 14.7. The van der Waals surface area contributed by atoms with Crippen LogP contribution in [0.25, 0.3) is 0 Å². The summed E-state index contributed by atoms with van der Waals surface area (Å²) in [4.78, 5) is 25.1. The Bertz CT molecular complexity index is 906. The molecule has 26 heavy (non-hydrogen) atoms. The summed E-state index contributed by atoms with van der Waals surface area (Å²) in [5, 5.41) is 2.83. The summed E-state index contributed by atoms with van der Waals surface area (Å²) in [6.07, 6.45) is 1.51. The number of rotatable bonds is 5. The number of benzene rings is 1. The van der Waals surface area contributed by atoms with E-state index in [0.717, 1.165) is 0 Å². The second kappa shape index (κ2) is 7.60. The largest absolute Gasteiger partial charge is 0.481 e. The van der Waals surface area contributed by atoms with Crippen LogP contribution >= 0.6 is 0 Å². The molecular formula is C19H18N4O3. The second-order valence-corrected chi connectivity index (χ2v) is 5.51. The lowest BCUT2D eigenvalue weighted by Gasteiger charge is -2.12. The highest BCUT2D eigenvalue weighted by atomic mass is 16.5. The van der Waals surface area contributed by atoms with Crippen LogP contribution in [0.3, 0.4) is 0 Å². The molecular weight excluding hydrogens is 332 g/mol. The average molecular weight is 350 g/mol. The van der Waals surface area contributed by atoms with E-state index in [1.165, 1.54) is 13.3 Å². The highest BCUT2D eigenvalue weighted by Crippen LogP contribution is 2.24. The molecule has 0 aliphatic rings. The molecule has 0 unspecified atom stereocenters. The molecule has 0 radical (unpaired) electrons. The first kappa shape index (κ1) is 17.3. The first-order valence-electron chi connectivity index (χ1n) is 7.96. The average Bonchev–Trinajstić information content (AvgIpc) is 2.65. The molecule has 2 aromatic heterocycles. The van der Waals surface area contributed by atoms with Crippen molar-refractivity contribution in [1.82, 2.24) is 15.0 Å². The summed E-state index contributed by atoms with van der Waals surface area (Å²) < 4.78 is 10.7. The fraction of sp³-hybridized carbons (Fsp3) is 0.158. The fourth-order valence-electron chi connectivity index (χ4n) is 2.35. The van der Waals surface area contributed by atoms with E-state index in [9.17, 15) is 4.79 Å². The number of nitrogens with zero attached hydrogens (tertiary/aromatic N) is 3. The molecule has 3 aromatic rings. The van der Waals surface area contributed by atoms with Crippen molar-refractivity contribution in [2.45, 2.75) is 13.8 Å². The van der Waals surface area contributed by atoms with E-state index >= 15 is 0 Å². The molecule has 0 saturated heterocycles. The van der Waals surface area contributed by atoms with E-state index in [1.807, 2.05) is 30.3 Å². The molecule has 0 aliphatic carbocycles. The Hall–Kier alpha value is -3.48. The summed E-state index contributed by atoms with van der Waals surface area (Å²) >= 11 is 0. The molecule has 0 bridgehead atoms. The Morgan fingerprint density at radius 3 is 2.38 bits per heavy atom. The number of methoxy groups -OCH3 is 1. The highest BCUT2D eigenvalue weighted by Gasteiger charge is 2.14. The van der Waals surface area contributed by atoms with Crippen molar-refractivity contribution in [3.8, 4) is 17.6 Å². The Balaban J connectivity index is 1.81. The van der Waals surface area contributed by atoms with Crippen LogP contribution in [-0.2, 0) is 0 Å². The van der Waals surface area contributed by atoms with E-state index in [0.29, 0.717) is 34.3 Å². The van der Waals surface area contributed by atoms with Crippen molar-refractivity contribution in [1.29, 1.82) is 0 Å². The summed E-state index contributed by atoms with van der Waals surface area (Å²) in [5.74, 6) is 0.721. The normalized spacial score (nSPS) is 10.3. The number of nitrogens with one attached hydrogen (secondary N) is 1. The molecule has 0 saturated carbocycles. The van der Waals surface area contributed by atoms with Crippen LogP contribution in [0.4, 0.5) is 5.69 Å². The number of anilines is 1. The van der Waals surface area contributed by atoms with Crippen LogP contribution in [-0.4, -0.2) is 28.0 Å². The van der Waals surface area contributed by atoms with Gasteiger partial charge in [-0.3, -0.25) is 4.79 Å². The molecule has 3 rings (SSSR count). The molecule has 0 fully saturated rings. The maximum atomic E-state index is 12.5. The minimum Gasteiger partial charge on any atom is -0.481 e. The maximum absolute atomic E-state index is 12.5. The minimum atomic E-state index is -0.294. The molecule has 7 nitrogen and oxygen atoms in total. The number of carbonyl (C=O) groups excluding carboxylic acids is 1. The third-order valence-electron chi connectivity index (χ3n) is 3.65. The number of para-hydroxylation sites is 1. The van der Waals surface area contributed by atoms with Crippen molar-refractivity contribution in [2.75, 3.05) is 12.4 Å². The van der Waals surface area contributed by atoms with Crippen LogP contribution in [0, 0.1) is 13.8 Å². The lowest BCUT2D eigenvalue weighted by molar-refractivity contribution is 0.102. The molecule has 1 N–H and O–H groups in total. The van der Waals surface area contributed by atoms with Gasteiger partial charge in [-0.1, -0.05) is 18.2 Å². The number of hydrogen-bond acceptors (Lipinski definition) is 6. The molecule has 1 aromatic carbocycles. The van der Waals surface area contributed by atoms with E-state index in [2.05, 4.69) is 20.3 Å². The Labute approximate surface area is 151 Å². The van der Waals surface area contributed by atoms with Crippen LogP contribution in [0.2, 0.25) is 0 Å². The molecule has 1 amide bonds. The van der Waals surface area contributed by atoms with Crippen molar-refractivity contribution in [3.63, 3.8) is 0 Å². The van der Waals surface area contributed by atoms with Crippen LogP contribution in [0.15, 0.2) is 48.7 Å². The number of amides is 1. The zero-order chi connectivity index (χ0) is 18.5. The van der Waals surface area contributed by atoms with Crippen LogP contribution in [0.5, 0.6) is 17.6 Å². The van der Waals surface area contributed by atoms with Gasteiger partial charge in [0, 0.05) is 17.8 Å². The summed E-state index contributed by atoms with van der Waals surface area (Å²) in [6.45, 7) is 3.57. The third kappa shape index (κ3) is 3.94. The number of aromatic nitrogens is 3. The van der Waals surface area contributed by atoms with Gasteiger partial charge in [0.25, 0.3) is 5.91 Å². The Morgan fingerprint density at radius 2 is 1.73 bits per heavy atom. The quantitative estimate of drug-likeness (QED) is 0.757. The fourth-order valence-corrected chi connectivity index (χ4v) is 2.35. The van der Waals surface area contributed by atoms with E-state index in [-0.39, 0.29) is 11.9 Å². The Morgan fingerprint density at radius 1 is 1.04 bits per heavy atom. The monoisotopic (exact) mass is 350 g/mol. The summed E-state index contributed by atoms with van der Waals surface area (Å²) in [6, 6.07) is 12.7. The lowest BCUT2D eigenvalue weighted by atomic mass is 10.2. The zero-order valence-electron chi connectivity index (χ0n) is 14.7. The standard InChI is InChI=1S/C19H18N4O3/c1-12-17(23-18(24)14-9-10-20-16(11-14)25-3)13(2)22-19(21-12)26-15-7-5-4-6-8-15/h4-11H,1-3H3,(H,23,24).